The molecule has 1 saturated heterocycles. The van der Waals surface area contributed by atoms with E-state index in [1.165, 1.54) is 22.5 Å². The third-order valence-corrected chi connectivity index (χ3v) is 6.81. The highest BCUT2D eigenvalue weighted by atomic mass is 32.2. The van der Waals surface area contributed by atoms with Crippen LogP contribution in [-0.4, -0.2) is 66.9 Å². The lowest BCUT2D eigenvalue weighted by molar-refractivity contribution is 0.101. The first-order valence-electron chi connectivity index (χ1n) is 9.41. The van der Waals surface area contributed by atoms with Crippen molar-refractivity contribution in [1.82, 2.24) is 19.3 Å². The van der Waals surface area contributed by atoms with E-state index in [0.29, 0.717) is 43.2 Å². The number of piperazine rings is 1. The number of hydrogen-bond acceptors (Lipinski definition) is 7. The number of likely N-dealkylation sites (N-methyl/N-ethyl adjacent to an activating group) is 1. The molecular formula is C20H21N5O4S. The standard InChI is InChI=1S/C20H21N5O4S/c1-24-9-11-25(12-10-24)30(27,28)17-6-4-16(5-7-17)22-20(26)18-13-19(29-23-18)15-3-2-8-21-14-15/h2-8,13-14H,9-12H2,1H3,(H,22,26). The number of carbonyl (C=O) groups is 1. The number of carbonyl (C=O) groups excluding carboxylic acids is 1. The van der Waals surface area contributed by atoms with Crippen LogP contribution in [-0.2, 0) is 10.0 Å². The quantitative estimate of drug-likeness (QED) is 0.663. The molecule has 1 aromatic carbocycles. The summed E-state index contributed by atoms with van der Waals surface area (Å²) in [4.78, 5) is 18.7. The fraction of sp³-hybridized carbons (Fsp3) is 0.250. The van der Waals surface area contributed by atoms with Crippen LogP contribution in [0.4, 0.5) is 5.69 Å². The molecule has 30 heavy (non-hydrogen) atoms. The largest absolute Gasteiger partial charge is 0.355 e. The minimum atomic E-state index is -3.55. The van der Waals surface area contributed by atoms with Crippen LogP contribution in [0, 0.1) is 0 Å². The van der Waals surface area contributed by atoms with Crippen LogP contribution >= 0.6 is 0 Å². The normalized spacial score (nSPS) is 15.8. The van der Waals surface area contributed by atoms with E-state index in [4.69, 9.17) is 4.52 Å². The molecule has 2 aromatic heterocycles. The number of aromatic nitrogens is 2. The van der Waals surface area contributed by atoms with Crippen LogP contribution in [0.2, 0.25) is 0 Å². The van der Waals surface area contributed by atoms with E-state index >= 15 is 0 Å². The second kappa shape index (κ2) is 8.34. The van der Waals surface area contributed by atoms with Gasteiger partial charge in [-0.1, -0.05) is 5.16 Å². The Morgan fingerprint density at radius 1 is 1.10 bits per heavy atom. The lowest BCUT2D eigenvalue weighted by atomic mass is 10.2. The summed E-state index contributed by atoms with van der Waals surface area (Å²) in [5.41, 5.74) is 1.29. The molecule has 0 spiro atoms. The summed E-state index contributed by atoms with van der Waals surface area (Å²) < 4.78 is 32.2. The van der Waals surface area contributed by atoms with Gasteiger partial charge in [0, 0.05) is 55.9 Å². The first kappa shape index (κ1) is 20.2. The minimum absolute atomic E-state index is 0.114. The van der Waals surface area contributed by atoms with Crippen LogP contribution in [0.3, 0.4) is 0 Å². The Morgan fingerprint density at radius 3 is 2.50 bits per heavy atom. The zero-order chi connectivity index (χ0) is 21.1. The summed E-state index contributed by atoms with van der Waals surface area (Å²) in [5.74, 6) is -0.0227. The summed E-state index contributed by atoms with van der Waals surface area (Å²) in [6, 6.07) is 11.2. The van der Waals surface area contributed by atoms with Gasteiger partial charge in [-0.25, -0.2) is 8.42 Å². The molecule has 0 bridgehead atoms. The zero-order valence-electron chi connectivity index (χ0n) is 16.4. The third-order valence-electron chi connectivity index (χ3n) is 4.90. The van der Waals surface area contributed by atoms with Gasteiger partial charge in [0.05, 0.1) is 4.90 Å². The van der Waals surface area contributed by atoms with E-state index < -0.39 is 15.9 Å². The van der Waals surface area contributed by atoms with E-state index in [2.05, 4.69) is 20.4 Å². The van der Waals surface area contributed by atoms with Gasteiger partial charge in [0.2, 0.25) is 10.0 Å². The highest BCUT2D eigenvalue weighted by Gasteiger charge is 2.27. The fourth-order valence-corrected chi connectivity index (χ4v) is 4.53. The average Bonchev–Trinajstić information content (AvgIpc) is 3.26. The Labute approximate surface area is 174 Å². The first-order valence-corrected chi connectivity index (χ1v) is 10.8. The summed E-state index contributed by atoms with van der Waals surface area (Å²) in [6.45, 7) is 2.32. The molecule has 1 aliphatic rings. The molecular weight excluding hydrogens is 406 g/mol. The summed E-state index contributed by atoms with van der Waals surface area (Å²) in [7, 11) is -1.58. The second-order valence-electron chi connectivity index (χ2n) is 7.00. The van der Waals surface area contributed by atoms with Crippen molar-refractivity contribution in [2.24, 2.45) is 0 Å². The van der Waals surface area contributed by atoms with Crippen molar-refractivity contribution < 1.29 is 17.7 Å². The molecule has 9 nitrogen and oxygen atoms in total. The summed E-state index contributed by atoms with van der Waals surface area (Å²) >= 11 is 0. The molecule has 0 radical (unpaired) electrons. The van der Waals surface area contributed by atoms with E-state index in [1.54, 1.807) is 36.7 Å². The molecule has 1 N–H and O–H groups in total. The number of rotatable bonds is 5. The second-order valence-corrected chi connectivity index (χ2v) is 8.94. The maximum atomic E-state index is 12.8. The van der Waals surface area contributed by atoms with Crippen molar-refractivity contribution in [1.29, 1.82) is 0 Å². The van der Waals surface area contributed by atoms with Gasteiger partial charge in [0.25, 0.3) is 5.91 Å². The van der Waals surface area contributed by atoms with Gasteiger partial charge in [-0.15, -0.1) is 0 Å². The van der Waals surface area contributed by atoms with E-state index in [1.807, 2.05) is 7.05 Å². The Kier molecular flexibility index (Phi) is 5.62. The highest BCUT2D eigenvalue weighted by molar-refractivity contribution is 7.89. The minimum Gasteiger partial charge on any atom is -0.355 e. The molecule has 10 heteroatoms. The number of sulfonamides is 1. The molecule has 4 rings (SSSR count). The van der Waals surface area contributed by atoms with Gasteiger partial charge < -0.3 is 14.7 Å². The number of nitrogens with zero attached hydrogens (tertiary/aromatic N) is 4. The number of pyridine rings is 1. The predicted molar refractivity (Wildman–Crippen MR) is 110 cm³/mol. The lowest BCUT2D eigenvalue weighted by Crippen LogP contribution is -2.46. The van der Waals surface area contributed by atoms with Crippen molar-refractivity contribution >= 4 is 21.6 Å². The highest BCUT2D eigenvalue weighted by Crippen LogP contribution is 2.22. The first-order chi connectivity index (χ1) is 14.4. The number of benzene rings is 1. The van der Waals surface area contributed by atoms with Crippen LogP contribution in [0.1, 0.15) is 10.5 Å². The van der Waals surface area contributed by atoms with Gasteiger partial charge in [-0.3, -0.25) is 9.78 Å². The molecule has 156 valence electrons. The monoisotopic (exact) mass is 427 g/mol. The zero-order valence-corrected chi connectivity index (χ0v) is 17.2. The maximum Gasteiger partial charge on any atom is 0.277 e. The Balaban J connectivity index is 1.43. The van der Waals surface area contributed by atoms with E-state index in [9.17, 15) is 13.2 Å². The number of amides is 1. The van der Waals surface area contributed by atoms with Crippen molar-refractivity contribution in [2.75, 3.05) is 38.5 Å². The molecule has 0 unspecified atom stereocenters. The van der Waals surface area contributed by atoms with Gasteiger partial charge in [0.1, 0.15) is 0 Å². The average molecular weight is 427 g/mol. The van der Waals surface area contributed by atoms with Crippen LogP contribution in [0.15, 0.2) is 64.3 Å². The van der Waals surface area contributed by atoms with Gasteiger partial charge in [-0.2, -0.15) is 4.31 Å². The summed E-state index contributed by atoms with van der Waals surface area (Å²) in [5, 5.41) is 6.49. The lowest BCUT2D eigenvalue weighted by Gasteiger charge is -2.31. The topological polar surface area (TPSA) is 109 Å². The maximum absolute atomic E-state index is 12.8. The van der Waals surface area contributed by atoms with E-state index in [0.717, 1.165) is 0 Å². The van der Waals surface area contributed by atoms with Crippen molar-refractivity contribution in [3.8, 4) is 11.3 Å². The molecule has 0 aliphatic carbocycles. The Hall–Kier alpha value is -3.08. The SMILES string of the molecule is CN1CCN(S(=O)(=O)c2ccc(NC(=O)c3cc(-c4cccnc4)on3)cc2)CC1. The summed E-state index contributed by atoms with van der Waals surface area (Å²) in [6.07, 6.45) is 3.25. The molecule has 1 amide bonds. The number of nitrogens with one attached hydrogen (secondary N) is 1. The van der Waals surface area contributed by atoms with Crippen molar-refractivity contribution in [2.45, 2.75) is 4.90 Å². The number of anilines is 1. The van der Waals surface area contributed by atoms with Crippen molar-refractivity contribution in [3.05, 3.63) is 60.6 Å². The predicted octanol–water partition coefficient (Wildman–Crippen LogP) is 1.92. The van der Waals surface area contributed by atoms with E-state index in [-0.39, 0.29) is 10.6 Å². The number of hydrogen-bond donors (Lipinski definition) is 1. The molecule has 1 fully saturated rings. The smallest absolute Gasteiger partial charge is 0.277 e. The molecule has 1 aliphatic heterocycles. The molecule has 3 heterocycles. The van der Waals surface area contributed by atoms with Crippen LogP contribution < -0.4 is 5.32 Å². The van der Waals surface area contributed by atoms with Crippen molar-refractivity contribution in [3.63, 3.8) is 0 Å². The van der Waals surface area contributed by atoms with Gasteiger partial charge in [0.15, 0.2) is 11.5 Å². The van der Waals surface area contributed by atoms with Gasteiger partial charge >= 0.3 is 0 Å². The Morgan fingerprint density at radius 2 is 1.83 bits per heavy atom. The van der Waals surface area contributed by atoms with Crippen LogP contribution in [0.25, 0.3) is 11.3 Å². The van der Waals surface area contributed by atoms with Crippen LogP contribution in [0.5, 0.6) is 0 Å². The molecule has 0 atom stereocenters. The molecule has 3 aromatic rings. The third kappa shape index (κ3) is 4.25. The molecule has 0 saturated carbocycles. The fourth-order valence-electron chi connectivity index (χ4n) is 3.11. The van der Waals surface area contributed by atoms with Gasteiger partial charge in [-0.05, 0) is 43.4 Å². The Bertz CT molecular complexity index is 1120.